The SMILES string of the molecule is O=C(O)c1ccc(CN2CCCC2C2CCCC2)c(Br)c1. The highest BCUT2D eigenvalue weighted by atomic mass is 79.9. The molecule has 1 saturated heterocycles. The number of hydrogen-bond donors (Lipinski definition) is 1. The van der Waals surface area contributed by atoms with E-state index in [1.807, 2.05) is 6.07 Å². The van der Waals surface area contributed by atoms with E-state index >= 15 is 0 Å². The van der Waals surface area contributed by atoms with Gasteiger partial charge in [-0.05, 0) is 55.8 Å². The molecule has 2 fully saturated rings. The Hall–Kier alpha value is -0.870. The molecule has 2 aliphatic rings. The molecule has 1 aromatic rings. The lowest BCUT2D eigenvalue weighted by Crippen LogP contribution is -2.34. The fourth-order valence-electron chi connectivity index (χ4n) is 3.95. The van der Waals surface area contributed by atoms with Crippen LogP contribution in [0.3, 0.4) is 0 Å². The highest BCUT2D eigenvalue weighted by Crippen LogP contribution is 2.36. The molecule has 1 unspecified atom stereocenters. The maximum atomic E-state index is 11.0. The van der Waals surface area contributed by atoms with E-state index in [1.54, 1.807) is 12.1 Å². The monoisotopic (exact) mass is 351 g/mol. The summed E-state index contributed by atoms with van der Waals surface area (Å²) in [5.74, 6) is 0.0109. The van der Waals surface area contributed by atoms with Gasteiger partial charge in [-0.3, -0.25) is 4.90 Å². The second kappa shape index (κ2) is 6.49. The van der Waals surface area contributed by atoms with Gasteiger partial charge in [-0.25, -0.2) is 4.79 Å². The molecule has 1 heterocycles. The Morgan fingerprint density at radius 1 is 1.24 bits per heavy atom. The van der Waals surface area contributed by atoms with Crippen LogP contribution in [0.15, 0.2) is 22.7 Å². The van der Waals surface area contributed by atoms with Crippen molar-refractivity contribution in [3.8, 4) is 0 Å². The van der Waals surface area contributed by atoms with Crippen LogP contribution in [0.2, 0.25) is 0 Å². The summed E-state index contributed by atoms with van der Waals surface area (Å²) in [6, 6.07) is 6.12. The smallest absolute Gasteiger partial charge is 0.335 e. The van der Waals surface area contributed by atoms with E-state index in [0.29, 0.717) is 5.56 Å². The molecule has 1 aliphatic heterocycles. The van der Waals surface area contributed by atoms with Crippen molar-refractivity contribution in [2.45, 2.75) is 51.1 Å². The molecule has 4 heteroatoms. The van der Waals surface area contributed by atoms with Crippen LogP contribution in [0, 0.1) is 5.92 Å². The third-order valence-corrected chi connectivity index (χ3v) is 5.77. The van der Waals surface area contributed by atoms with Gasteiger partial charge in [-0.15, -0.1) is 0 Å². The molecule has 0 bridgehead atoms. The number of hydrogen-bond acceptors (Lipinski definition) is 2. The third-order valence-electron chi connectivity index (χ3n) is 5.03. The van der Waals surface area contributed by atoms with Gasteiger partial charge in [0.25, 0.3) is 0 Å². The van der Waals surface area contributed by atoms with E-state index in [-0.39, 0.29) is 0 Å². The molecule has 3 nitrogen and oxygen atoms in total. The standard InChI is InChI=1S/C17H22BrNO2/c18-15-10-13(17(20)21)7-8-14(15)11-19-9-3-6-16(19)12-4-1-2-5-12/h7-8,10,12,16H,1-6,9,11H2,(H,20,21). The van der Waals surface area contributed by atoms with E-state index in [1.165, 1.54) is 50.6 Å². The van der Waals surface area contributed by atoms with E-state index in [4.69, 9.17) is 5.11 Å². The maximum absolute atomic E-state index is 11.0. The average molecular weight is 352 g/mol. The summed E-state index contributed by atoms with van der Waals surface area (Å²) >= 11 is 3.54. The number of halogens is 1. The molecule has 1 saturated carbocycles. The van der Waals surface area contributed by atoms with Crippen LogP contribution in [0.1, 0.15) is 54.4 Å². The summed E-state index contributed by atoms with van der Waals surface area (Å²) in [6.07, 6.45) is 8.19. The van der Waals surface area contributed by atoms with Gasteiger partial charge in [-0.2, -0.15) is 0 Å². The molecule has 3 rings (SSSR count). The van der Waals surface area contributed by atoms with Crippen LogP contribution in [-0.4, -0.2) is 28.6 Å². The molecule has 0 spiro atoms. The lowest BCUT2D eigenvalue weighted by atomic mass is 9.95. The molecule has 21 heavy (non-hydrogen) atoms. The minimum Gasteiger partial charge on any atom is -0.478 e. The van der Waals surface area contributed by atoms with Gasteiger partial charge in [0.15, 0.2) is 0 Å². The molecule has 0 aromatic heterocycles. The highest BCUT2D eigenvalue weighted by molar-refractivity contribution is 9.10. The fraction of sp³-hybridized carbons (Fsp3) is 0.588. The Morgan fingerprint density at radius 2 is 2.00 bits per heavy atom. The van der Waals surface area contributed by atoms with Crippen molar-refractivity contribution < 1.29 is 9.90 Å². The minimum absolute atomic E-state index is 0.347. The van der Waals surface area contributed by atoms with Crippen molar-refractivity contribution in [3.63, 3.8) is 0 Å². The van der Waals surface area contributed by atoms with Crippen molar-refractivity contribution in [1.29, 1.82) is 0 Å². The van der Waals surface area contributed by atoms with Crippen LogP contribution >= 0.6 is 15.9 Å². The van der Waals surface area contributed by atoms with Crippen LogP contribution in [-0.2, 0) is 6.54 Å². The van der Waals surface area contributed by atoms with Crippen molar-refractivity contribution >= 4 is 21.9 Å². The van der Waals surface area contributed by atoms with Crippen molar-refractivity contribution in [1.82, 2.24) is 4.90 Å². The Balaban J connectivity index is 1.71. The number of carboxylic acids is 1. The van der Waals surface area contributed by atoms with E-state index in [9.17, 15) is 4.79 Å². The van der Waals surface area contributed by atoms with E-state index in [2.05, 4.69) is 20.8 Å². The molecule has 114 valence electrons. The fourth-order valence-corrected chi connectivity index (χ4v) is 4.46. The zero-order valence-corrected chi connectivity index (χ0v) is 13.8. The van der Waals surface area contributed by atoms with Gasteiger partial charge in [0.05, 0.1) is 5.56 Å². The van der Waals surface area contributed by atoms with Gasteiger partial charge in [0.1, 0.15) is 0 Å². The normalized spacial score (nSPS) is 23.8. The number of likely N-dealkylation sites (tertiary alicyclic amines) is 1. The van der Waals surface area contributed by atoms with Gasteiger partial charge < -0.3 is 5.11 Å². The van der Waals surface area contributed by atoms with Gasteiger partial charge >= 0.3 is 5.97 Å². The molecule has 1 aromatic carbocycles. The van der Waals surface area contributed by atoms with Gasteiger partial charge in [0.2, 0.25) is 0 Å². The molecule has 1 N–H and O–H groups in total. The number of aromatic carboxylic acids is 1. The molecule has 1 atom stereocenters. The number of nitrogens with zero attached hydrogens (tertiary/aromatic N) is 1. The largest absolute Gasteiger partial charge is 0.478 e. The summed E-state index contributed by atoms with van der Waals surface area (Å²) in [4.78, 5) is 13.6. The lowest BCUT2D eigenvalue weighted by Gasteiger charge is -2.29. The second-order valence-electron chi connectivity index (χ2n) is 6.34. The molecular formula is C17H22BrNO2. The van der Waals surface area contributed by atoms with Crippen LogP contribution in [0.5, 0.6) is 0 Å². The van der Waals surface area contributed by atoms with Crippen molar-refractivity contribution in [2.75, 3.05) is 6.54 Å². The summed E-state index contributed by atoms with van der Waals surface area (Å²) in [5.41, 5.74) is 1.55. The second-order valence-corrected chi connectivity index (χ2v) is 7.19. The third kappa shape index (κ3) is 3.32. The molecule has 0 radical (unpaired) electrons. The van der Waals surface area contributed by atoms with E-state index < -0.39 is 5.97 Å². The lowest BCUT2D eigenvalue weighted by molar-refractivity contribution is 0.0696. The molecular weight excluding hydrogens is 330 g/mol. The first-order valence-electron chi connectivity index (χ1n) is 7.91. The number of carboxylic acid groups (broad SMARTS) is 1. The van der Waals surface area contributed by atoms with Gasteiger partial charge in [-0.1, -0.05) is 34.8 Å². The Labute approximate surface area is 134 Å². The van der Waals surface area contributed by atoms with Gasteiger partial charge in [0, 0.05) is 17.1 Å². The summed E-state index contributed by atoms with van der Waals surface area (Å²) in [7, 11) is 0. The van der Waals surface area contributed by atoms with Crippen LogP contribution in [0.25, 0.3) is 0 Å². The first-order valence-corrected chi connectivity index (χ1v) is 8.70. The number of rotatable bonds is 4. The highest BCUT2D eigenvalue weighted by Gasteiger charge is 2.33. The topological polar surface area (TPSA) is 40.5 Å². The van der Waals surface area contributed by atoms with E-state index in [0.717, 1.165) is 23.0 Å². The number of benzene rings is 1. The Kier molecular flexibility index (Phi) is 4.65. The quantitative estimate of drug-likeness (QED) is 0.878. The summed E-state index contributed by atoms with van der Waals surface area (Å²) in [5, 5.41) is 9.04. The van der Waals surface area contributed by atoms with Crippen molar-refractivity contribution in [2.24, 2.45) is 5.92 Å². The molecule has 1 aliphatic carbocycles. The molecule has 0 amide bonds. The first-order chi connectivity index (χ1) is 10.1. The minimum atomic E-state index is -0.868. The summed E-state index contributed by atoms with van der Waals surface area (Å²) in [6.45, 7) is 2.11. The van der Waals surface area contributed by atoms with Crippen LogP contribution < -0.4 is 0 Å². The predicted octanol–water partition coefficient (Wildman–Crippen LogP) is 4.30. The first kappa shape index (κ1) is 15.0. The Bertz CT molecular complexity index is 526. The summed E-state index contributed by atoms with van der Waals surface area (Å²) < 4.78 is 0.916. The van der Waals surface area contributed by atoms with Crippen molar-refractivity contribution in [3.05, 3.63) is 33.8 Å². The maximum Gasteiger partial charge on any atom is 0.335 e. The van der Waals surface area contributed by atoms with Crippen LogP contribution in [0.4, 0.5) is 0 Å². The zero-order chi connectivity index (χ0) is 14.8. The average Bonchev–Trinajstić information content (AvgIpc) is 3.11. The Morgan fingerprint density at radius 3 is 2.67 bits per heavy atom. The zero-order valence-electron chi connectivity index (χ0n) is 12.2. The number of carbonyl (C=O) groups is 1. The predicted molar refractivity (Wildman–Crippen MR) is 86.5 cm³/mol.